The van der Waals surface area contributed by atoms with Crippen molar-refractivity contribution < 1.29 is 43.3 Å². The van der Waals surface area contributed by atoms with E-state index in [1.807, 2.05) is 0 Å². The lowest BCUT2D eigenvalue weighted by Gasteiger charge is -2.18. The normalized spacial score (nSPS) is 28.5. The Balaban J connectivity index is 1.55. The van der Waals surface area contributed by atoms with Crippen molar-refractivity contribution in [1.29, 1.82) is 0 Å². The molecule has 16 heteroatoms. The summed E-state index contributed by atoms with van der Waals surface area (Å²) in [7, 11) is -9.43. The van der Waals surface area contributed by atoms with Gasteiger partial charge in [-0.1, -0.05) is 0 Å². The van der Waals surface area contributed by atoms with Crippen LogP contribution in [-0.4, -0.2) is 78.8 Å². The van der Waals surface area contributed by atoms with Crippen LogP contribution in [0.15, 0.2) is 5.38 Å². The first kappa shape index (κ1) is 24.4. The summed E-state index contributed by atoms with van der Waals surface area (Å²) in [6, 6.07) is 0. The number of aromatic nitrogens is 2. The molecule has 2 aliphatic heterocycles. The molecule has 0 saturated carbocycles. The molecule has 2 fully saturated rings. The predicted octanol–water partition coefficient (Wildman–Crippen LogP) is 1.44. The minimum Gasteiger partial charge on any atom is -0.387 e. The van der Waals surface area contributed by atoms with Gasteiger partial charge in [0.05, 0.1) is 16.8 Å². The van der Waals surface area contributed by atoms with Gasteiger partial charge in [-0.25, -0.2) is 4.98 Å². The Morgan fingerprint density at radius 3 is 2.53 bits per heavy atom. The monoisotopic (exact) mass is 529 g/mol. The largest absolute Gasteiger partial charge is 0.387 e. The van der Waals surface area contributed by atoms with Crippen LogP contribution in [-0.2, 0) is 18.4 Å². The third kappa shape index (κ3) is 5.18. The van der Waals surface area contributed by atoms with Crippen LogP contribution in [0.4, 0.5) is 5.82 Å². The van der Waals surface area contributed by atoms with Crippen molar-refractivity contribution >= 4 is 54.2 Å². The summed E-state index contributed by atoms with van der Waals surface area (Å²) in [5.41, 5.74) is 0.954. The van der Waals surface area contributed by atoms with E-state index in [9.17, 15) is 24.2 Å². The fourth-order valence-corrected chi connectivity index (χ4v) is 7.63. The zero-order valence-corrected chi connectivity index (χ0v) is 19.9. The number of aliphatic hydroxyl groups is 2. The zero-order valence-electron chi connectivity index (χ0n) is 16.5. The second kappa shape index (κ2) is 9.16. The number of ether oxygens (including phenoxy) is 1. The van der Waals surface area contributed by atoms with Gasteiger partial charge in [0.25, 0.3) is 0 Å². The quantitative estimate of drug-likeness (QED) is 0.257. The molecule has 0 amide bonds. The summed E-state index contributed by atoms with van der Waals surface area (Å²) in [6.07, 6.45) is -3.03. The van der Waals surface area contributed by atoms with E-state index in [0.717, 1.165) is 30.6 Å². The van der Waals surface area contributed by atoms with E-state index >= 15 is 0 Å². The Morgan fingerprint density at radius 1 is 1.19 bits per heavy atom. The summed E-state index contributed by atoms with van der Waals surface area (Å²) >= 11 is 7.50. The van der Waals surface area contributed by atoms with E-state index in [2.05, 4.69) is 14.9 Å². The van der Waals surface area contributed by atoms with E-state index in [4.69, 9.17) is 30.6 Å². The first-order chi connectivity index (χ1) is 15.0. The number of rotatable bonds is 7. The molecular weight excluding hydrogens is 508 g/mol. The average Bonchev–Trinajstić information content (AvgIpc) is 3.39. The number of thiophene rings is 1. The highest BCUT2D eigenvalue weighted by molar-refractivity contribution is 7.70. The highest BCUT2D eigenvalue weighted by Crippen LogP contribution is 2.55. The van der Waals surface area contributed by atoms with Gasteiger partial charge >= 0.3 is 15.2 Å². The van der Waals surface area contributed by atoms with Crippen LogP contribution >= 0.6 is 38.1 Å². The highest BCUT2D eigenvalue weighted by atomic mass is 35.5. The third-order valence-corrected chi connectivity index (χ3v) is 9.88. The molecule has 0 aliphatic carbocycles. The topological polar surface area (TPSA) is 183 Å². The molecule has 2 aliphatic rings. The Bertz CT molecular complexity index is 1090. The molecule has 178 valence electrons. The van der Waals surface area contributed by atoms with Gasteiger partial charge in [0.2, 0.25) is 5.28 Å². The molecule has 5 N–H and O–H groups in total. The van der Waals surface area contributed by atoms with Crippen LogP contribution in [0.3, 0.4) is 0 Å². The molecule has 1 unspecified atom stereocenters. The summed E-state index contributed by atoms with van der Waals surface area (Å²) in [5.74, 6) is -0.668. The van der Waals surface area contributed by atoms with E-state index in [1.54, 1.807) is 5.38 Å². The Labute approximate surface area is 191 Å². The number of anilines is 1. The summed E-state index contributed by atoms with van der Waals surface area (Å²) in [4.78, 5) is 38.1. The molecule has 32 heavy (non-hydrogen) atoms. The van der Waals surface area contributed by atoms with Crippen LogP contribution in [0.25, 0.3) is 10.2 Å². The van der Waals surface area contributed by atoms with Crippen molar-refractivity contribution in [1.82, 2.24) is 9.97 Å². The van der Waals surface area contributed by atoms with Gasteiger partial charge in [0.15, 0.2) is 11.7 Å². The van der Waals surface area contributed by atoms with Gasteiger partial charge in [-0.15, -0.1) is 11.3 Å². The lowest BCUT2D eigenvalue weighted by atomic mass is 10.0. The fourth-order valence-electron chi connectivity index (χ4n) is 3.85. The molecular formula is C16H22ClN3O9P2S. The number of fused-ring (bicyclic) bond motifs is 1. The minimum atomic E-state index is -4.79. The molecule has 0 radical (unpaired) electrons. The van der Waals surface area contributed by atoms with Gasteiger partial charge in [-0.2, -0.15) is 4.98 Å². The van der Waals surface area contributed by atoms with Gasteiger partial charge < -0.3 is 39.1 Å². The van der Waals surface area contributed by atoms with Crippen molar-refractivity contribution in [3.63, 3.8) is 0 Å². The maximum Gasteiger partial charge on any atom is 0.340 e. The fraction of sp³-hybridized carbons (Fsp3) is 0.625. The smallest absolute Gasteiger partial charge is 0.340 e. The first-order valence-corrected chi connectivity index (χ1v) is 14.5. The van der Waals surface area contributed by atoms with Crippen LogP contribution in [0.5, 0.6) is 0 Å². The van der Waals surface area contributed by atoms with E-state index in [0.29, 0.717) is 16.9 Å². The molecule has 2 saturated heterocycles. The molecule has 0 spiro atoms. The van der Waals surface area contributed by atoms with Crippen LogP contribution in [0, 0.1) is 0 Å². The Morgan fingerprint density at radius 2 is 1.88 bits per heavy atom. The van der Waals surface area contributed by atoms with Crippen LogP contribution in [0.2, 0.25) is 5.28 Å². The minimum absolute atomic E-state index is 0.0330. The SMILES string of the molecule is O=P(O)(O)CP(=O)(O)OC[C@H]1O[C@@H](c2csc3c(N4CCCC4)nc(Cl)nc23)[C@H](O)[C@@H]1O. The van der Waals surface area contributed by atoms with Crippen molar-refractivity contribution in [3.8, 4) is 0 Å². The molecule has 12 nitrogen and oxygen atoms in total. The second-order valence-electron chi connectivity index (χ2n) is 7.69. The first-order valence-electron chi connectivity index (χ1n) is 9.67. The third-order valence-electron chi connectivity index (χ3n) is 5.28. The number of nitrogens with zero attached hydrogens (tertiary/aromatic N) is 3. The Hall–Kier alpha value is -0.690. The van der Waals surface area contributed by atoms with Gasteiger partial charge in [-0.05, 0) is 29.8 Å². The highest BCUT2D eigenvalue weighted by Gasteiger charge is 2.46. The Kier molecular flexibility index (Phi) is 7.00. The molecule has 0 aromatic carbocycles. The van der Waals surface area contributed by atoms with E-state index in [-0.39, 0.29) is 5.28 Å². The van der Waals surface area contributed by atoms with E-state index < -0.39 is 52.1 Å². The van der Waals surface area contributed by atoms with Crippen molar-refractivity contribution in [2.24, 2.45) is 0 Å². The predicted molar refractivity (Wildman–Crippen MR) is 116 cm³/mol. The molecule has 2 aromatic rings. The zero-order chi connectivity index (χ0) is 23.3. The molecule has 4 heterocycles. The lowest BCUT2D eigenvalue weighted by Crippen LogP contribution is -2.33. The average molecular weight is 530 g/mol. The molecule has 0 bridgehead atoms. The molecule has 5 atom stereocenters. The van der Waals surface area contributed by atoms with Gasteiger partial charge in [0.1, 0.15) is 24.4 Å². The summed E-state index contributed by atoms with van der Waals surface area (Å²) in [5, 5.41) is 22.7. The molecule has 4 rings (SSSR count). The van der Waals surface area contributed by atoms with Crippen molar-refractivity contribution in [3.05, 3.63) is 16.2 Å². The number of halogens is 1. The van der Waals surface area contributed by atoms with Crippen molar-refractivity contribution in [2.75, 3.05) is 30.5 Å². The number of hydrogen-bond acceptors (Lipinski definition) is 10. The number of hydrogen-bond donors (Lipinski definition) is 5. The lowest BCUT2D eigenvalue weighted by molar-refractivity contribution is -0.0181. The maximum absolute atomic E-state index is 11.9. The second-order valence-corrected chi connectivity index (χ2v) is 12.9. The number of aliphatic hydroxyl groups excluding tert-OH is 2. The van der Waals surface area contributed by atoms with Gasteiger partial charge in [-0.3, -0.25) is 9.13 Å². The van der Waals surface area contributed by atoms with Gasteiger partial charge in [0, 0.05) is 18.7 Å². The van der Waals surface area contributed by atoms with Crippen LogP contribution < -0.4 is 4.90 Å². The maximum atomic E-state index is 11.9. The van der Waals surface area contributed by atoms with Crippen LogP contribution in [0.1, 0.15) is 24.5 Å². The van der Waals surface area contributed by atoms with E-state index in [1.165, 1.54) is 11.3 Å². The standard InChI is InChI=1S/C16H22ClN3O9P2S/c17-16-18-10-8(6-32-14(10)15(19-16)20-3-1-2-4-20)13-12(22)11(21)9(29-13)5-28-31(26,27)7-30(23,24)25/h6,9,11-13,21-22H,1-5,7H2,(H,26,27)(H2,23,24,25)/t9-,11-,12-,13+/m1/s1. The summed E-state index contributed by atoms with van der Waals surface area (Å²) < 4.78 is 34.1. The molecule has 2 aromatic heterocycles. The summed E-state index contributed by atoms with van der Waals surface area (Å²) in [6.45, 7) is 1.03. The van der Waals surface area contributed by atoms with Crippen molar-refractivity contribution in [2.45, 2.75) is 37.3 Å².